The van der Waals surface area contributed by atoms with Gasteiger partial charge in [0.25, 0.3) is 0 Å². The Bertz CT molecular complexity index is 795. The highest BCUT2D eigenvalue weighted by molar-refractivity contribution is 7.15. The Kier molecular flexibility index (Phi) is 3.95. The molecule has 0 atom stereocenters. The van der Waals surface area contributed by atoms with E-state index in [0.717, 1.165) is 17.1 Å². The number of thiazole rings is 1. The molecule has 3 aromatic rings. The van der Waals surface area contributed by atoms with Crippen LogP contribution in [-0.2, 0) is 11.2 Å². The molecule has 120 valence electrons. The second kappa shape index (κ2) is 5.92. The van der Waals surface area contributed by atoms with Crippen LogP contribution in [0.25, 0.3) is 4.96 Å². The highest BCUT2D eigenvalue weighted by Gasteiger charge is 2.30. The van der Waals surface area contributed by atoms with Crippen molar-refractivity contribution in [2.45, 2.75) is 12.8 Å². The van der Waals surface area contributed by atoms with Crippen LogP contribution < -0.4 is 10.1 Å². The van der Waals surface area contributed by atoms with Crippen molar-refractivity contribution in [2.24, 2.45) is 0 Å². The van der Waals surface area contributed by atoms with Gasteiger partial charge in [-0.25, -0.2) is 4.98 Å². The summed E-state index contributed by atoms with van der Waals surface area (Å²) in [6, 6.07) is 4.95. The zero-order valence-electron chi connectivity index (χ0n) is 11.5. The molecule has 1 amide bonds. The zero-order chi connectivity index (χ0) is 16.4. The molecule has 0 aliphatic heterocycles. The van der Waals surface area contributed by atoms with Crippen molar-refractivity contribution in [2.75, 3.05) is 5.32 Å². The van der Waals surface area contributed by atoms with E-state index in [9.17, 15) is 18.0 Å². The Balaban J connectivity index is 1.60. The number of benzene rings is 1. The van der Waals surface area contributed by atoms with Crippen LogP contribution in [0.3, 0.4) is 0 Å². The van der Waals surface area contributed by atoms with Crippen LogP contribution in [0, 0.1) is 0 Å². The van der Waals surface area contributed by atoms with E-state index in [2.05, 4.69) is 15.0 Å². The number of imidazole rings is 1. The van der Waals surface area contributed by atoms with Crippen LogP contribution in [0.4, 0.5) is 18.9 Å². The summed E-state index contributed by atoms with van der Waals surface area (Å²) < 4.78 is 41.7. The molecule has 0 radical (unpaired) electrons. The number of aromatic nitrogens is 2. The number of nitrogens with zero attached hydrogens (tertiary/aromatic N) is 2. The fourth-order valence-corrected chi connectivity index (χ4v) is 2.69. The molecule has 0 spiro atoms. The molecular formula is C14H10F3N3O2S. The maximum atomic E-state index is 12.1. The van der Waals surface area contributed by atoms with Gasteiger partial charge in [0, 0.05) is 23.5 Å². The van der Waals surface area contributed by atoms with Gasteiger partial charge in [-0.15, -0.1) is 24.5 Å². The summed E-state index contributed by atoms with van der Waals surface area (Å²) in [5.41, 5.74) is 0.997. The number of anilines is 1. The molecule has 3 rings (SSSR count). The van der Waals surface area contributed by atoms with Gasteiger partial charge in [-0.3, -0.25) is 9.20 Å². The summed E-state index contributed by atoms with van der Waals surface area (Å²) in [4.78, 5) is 17.0. The lowest BCUT2D eigenvalue weighted by Gasteiger charge is -2.09. The minimum absolute atomic E-state index is 0.0786. The van der Waals surface area contributed by atoms with Crippen molar-refractivity contribution in [3.05, 3.63) is 47.7 Å². The lowest BCUT2D eigenvalue weighted by molar-refractivity contribution is -0.274. The summed E-state index contributed by atoms with van der Waals surface area (Å²) in [7, 11) is 0. The summed E-state index contributed by atoms with van der Waals surface area (Å²) in [5.74, 6) is -0.648. The highest BCUT2D eigenvalue weighted by Crippen LogP contribution is 2.24. The predicted molar refractivity (Wildman–Crippen MR) is 78.5 cm³/mol. The topological polar surface area (TPSA) is 55.6 Å². The van der Waals surface area contributed by atoms with Crippen LogP contribution >= 0.6 is 11.3 Å². The lowest BCUT2D eigenvalue weighted by Crippen LogP contribution is -2.17. The molecule has 0 unspecified atom stereocenters. The molecule has 2 aromatic heterocycles. The molecule has 5 nitrogen and oxygen atoms in total. The van der Waals surface area contributed by atoms with Gasteiger partial charge in [-0.05, 0) is 24.3 Å². The van der Waals surface area contributed by atoms with E-state index >= 15 is 0 Å². The lowest BCUT2D eigenvalue weighted by atomic mass is 10.2. The van der Waals surface area contributed by atoms with E-state index < -0.39 is 6.36 Å². The van der Waals surface area contributed by atoms with E-state index in [1.54, 1.807) is 6.20 Å². The summed E-state index contributed by atoms with van der Waals surface area (Å²) in [6.07, 6.45) is -1.06. The van der Waals surface area contributed by atoms with Crippen LogP contribution in [0.2, 0.25) is 0 Å². The number of carbonyl (C=O) groups is 1. The maximum Gasteiger partial charge on any atom is 0.573 e. The first-order chi connectivity index (χ1) is 10.9. The van der Waals surface area contributed by atoms with Crippen molar-refractivity contribution in [1.29, 1.82) is 0 Å². The second-order valence-corrected chi connectivity index (χ2v) is 5.50. The standard InChI is InChI=1S/C14H10F3N3O2S/c15-14(16,17)22-11-3-1-9(2-4-11)18-12(21)7-10-8-20-5-6-23-13(20)19-10/h1-6,8H,7H2,(H,18,21). The van der Waals surface area contributed by atoms with Gasteiger partial charge in [0.05, 0.1) is 12.1 Å². The second-order valence-electron chi connectivity index (χ2n) is 4.62. The van der Waals surface area contributed by atoms with E-state index in [1.165, 1.54) is 23.5 Å². The number of ether oxygens (including phenoxy) is 1. The number of halogens is 3. The average Bonchev–Trinajstić information content (AvgIpc) is 3.00. The molecule has 0 fully saturated rings. The quantitative estimate of drug-likeness (QED) is 0.790. The molecule has 2 heterocycles. The number of fused-ring (bicyclic) bond motifs is 1. The first kappa shape index (κ1) is 15.3. The summed E-state index contributed by atoms with van der Waals surface area (Å²) >= 11 is 1.46. The summed E-state index contributed by atoms with van der Waals surface area (Å²) in [5, 5.41) is 4.48. The van der Waals surface area contributed by atoms with Crippen LogP contribution in [0.15, 0.2) is 42.0 Å². The van der Waals surface area contributed by atoms with E-state index in [-0.39, 0.29) is 18.1 Å². The third-order valence-electron chi connectivity index (χ3n) is 2.86. The molecule has 0 aliphatic rings. The van der Waals surface area contributed by atoms with Crippen molar-refractivity contribution in [3.8, 4) is 5.75 Å². The molecule has 1 N–H and O–H groups in total. The van der Waals surface area contributed by atoms with Crippen LogP contribution in [-0.4, -0.2) is 21.7 Å². The number of rotatable bonds is 4. The number of hydrogen-bond acceptors (Lipinski definition) is 4. The van der Waals surface area contributed by atoms with E-state index in [4.69, 9.17) is 0 Å². The molecule has 1 aromatic carbocycles. The Labute approximate surface area is 132 Å². The SMILES string of the molecule is O=C(Cc1cn2ccsc2n1)Nc1ccc(OC(F)(F)F)cc1. The molecule has 0 aliphatic carbocycles. The molecule has 0 saturated heterocycles. The minimum atomic E-state index is -4.74. The molecule has 0 bridgehead atoms. The number of nitrogens with one attached hydrogen (secondary N) is 1. The molecule has 9 heteroatoms. The third-order valence-corrected chi connectivity index (χ3v) is 3.63. The average molecular weight is 341 g/mol. The van der Waals surface area contributed by atoms with Crippen molar-refractivity contribution in [1.82, 2.24) is 9.38 Å². The normalized spacial score (nSPS) is 11.6. The zero-order valence-corrected chi connectivity index (χ0v) is 12.3. The Morgan fingerprint density at radius 3 is 2.70 bits per heavy atom. The van der Waals surface area contributed by atoms with Gasteiger partial charge in [0.2, 0.25) is 5.91 Å². The van der Waals surface area contributed by atoms with Gasteiger partial charge in [0.1, 0.15) is 5.75 Å². The Hall–Kier alpha value is -2.55. The van der Waals surface area contributed by atoms with Crippen molar-refractivity contribution in [3.63, 3.8) is 0 Å². The maximum absolute atomic E-state index is 12.1. The number of carbonyl (C=O) groups excluding carboxylic acids is 1. The largest absolute Gasteiger partial charge is 0.573 e. The molecular weight excluding hydrogens is 331 g/mol. The monoisotopic (exact) mass is 341 g/mol. The number of alkyl halides is 3. The fourth-order valence-electron chi connectivity index (χ4n) is 1.97. The number of hydrogen-bond donors (Lipinski definition) is 1. The molecule has 23 heavy (non-hydrogen) atoms. The number of amides is 1. The van der Waals surface area contributed by atoms with Gasteiger partial charge < -0.3 is 10.1 Å². The first-order valence-electron chi connectivity index (χ1n) is 6.46. The fraction of sp³-hybridized carbons (Fsp3) is 0.143. The Morgan fingerprint density at radius 2 is 2.04 bits per heavy atom. The molecule has 0 saturated carbocycles. The van der Waals surface area contributed by atoms with Gasteiger partial charge in [-0.1, -0.05) is 0 Å². The van der Waals surface area contributed by atoms with Crippen molar-refractivity contribution < 1.29 is 22.7 Å². The summed E-state index contributed by atoms with van der Waals surface area (Å²) in [6.45, 7) is 0. The predicted octanol–water partition coefficient (Wildman–Crippen LogP) is 3.48. The first-order valence-corrected chi connectivity index (χ1v) is 7.34. The smallest absolute Gasteiger partial charge is 0.406 e. The van der Waals surface area contributed by atoms with E-state index in [1.807, 2.05) is 16.0 Å². The van der Waals surface area contributed by atoms with Gasteiger partial charge in [-0.2, -0.15) is 0 Å². The van der Waals surface area contributed by atoms with Crippen molar-refractivity contribution >= 4 is 27.9 Å². The highest BCUT2D eigenvalue weighted by atomic mass is 32.1. The van der Waals surface area contributed by atoms with Crippen LogP contribution in [0.1, 0.15) is 5.69 Å². The van der Waals surface area contributed by atoms with Gasteiger partial charge in [0.15, 0.2) is 4.96 Å². The minimum Gasteiger partial charge on any atom is -0.406 e. The third kappa shape index (κ3) is 4.01. The Morgan fingerprint density at radius 1 is 1.30 bits per heavy atom. The van der Waals surface area contributed by atoms with Gasteiger partial charge >= 0.3 is 6.36 Å². The van der Waals surface area contributed by atoms with E-state index in [0.29, 0.717) is 11.4 Å². The van der Waals surface area contributed by atoms with Crippen LogP contribution in [0.5, 0.6) is 5.75 Å².